The third kappa shape index (κ3) is 3.20. The summed E-state index contributed by atoms with van der Waals surface area (Å²) < 4.78 is 11.3. The highest BCUT2D eigenvalue weighted by molar-refractivity contribution is 9.09. The predicted octanol–water partition coefficient (Wildman–Crippen LogP) is 3.58. The molecule has 16 heavy (non-hydrogen) atoms. The first-order chi connectivity index (χ1) is 7.79. The molecule has 0 spiro atoms. The van der Waals surface area contributed by atoms with Crippen molar-refractivity contribution in [3.8, 4) is 0 Å². The lowest BCUT2D eigenvalue weighted by molar-refractivity contribution is -0.00465. The number of ether oxygens (including phenoxy) is 2. The van der Waals surface area contributed by atoms with E-state index in [2.05, 4.69) is 15.9 Å². The standard InChI is InChI=1S/C12H14BrClO2/c13-7-12(16-11-4-5-15-8-11)9-2-1-3-10(14)6-9/h1-3,6,11-12H,4-5,7-8H2. The monoisotopic (exact) mass is 304 g/mol. The minimum absolute atomic E-state index is 0.0467. The van der Waals surface area contributed by atoms with Gasteiger partial charge in [0.1, 0.15) is 0 Å². The van der Waals surface area contributed by atoms with Gasteiger partial charge in [0.05, 0.1) is 18.8 Å². The molecule has 1 aromatic rings. The molecule has 0 radical (unpaired) electrons. The van der Waals surface area contributed by atoms with Crippen LogP contribution in [0, 0.1) is 0 Å². The highest BCUT2D eigenvalue weighted by Gasteiger charge is 2.21. The van der Waals surface area contributed by atoms with Gasteiger partial charge in [-0.1, -0.05) is 39.7 Å². The molecule has 1 aromatic carbocycles. The minimum Gasteiger partial charge on any atom is -0.379 e. The smallest absolute Gasteiger partial charge is 0.0927 e. The first-order valence-electron chi connectivity index (χ1n) is 5.34. The third-order valence-corrected chi connectivity index (χ3v) is 3.43. The summed E-state index contributed by atoms with van der Waals surface area (Å²) in [5.41, 5.74) is 1.11. The van der Waals surface area contributed by atoms with Gasteiger partial charge in [0.25, 0.3) is 0 Å². The Morgan fingerprint density at radius 3 is 3.06 bits per heavy atom. The summed E-state index contributed by atoms with van der Waals surface area (Å²) in [6.07, 6.45) is 1.23. The first kappa shape index (κ1) is 12.4. The molecule has 1 fully saturated rings. The summed E-state index contributed by atoms with van der Waals surface area (Å²) in [6, 6.07) is 7.80. The van der Waals surface area contributed by atoms with Gasteiger partial charge in [-0.3, -0.25) is 0 Å². The summed E-state index contributed by atoms with van der Waals surface area (Å²) in [6.45, 7) is 1.50. The van der Waals surface area contributed by atoms with Crippen LogP contribution in [0.3, 0.4) is 0 Å². The van der Waals surface area contributed by atoms with E-state index in [-0.39, 0.29) is 12.2 Å². The molecule has 2 atom stereocenters. The van der Waals surface area contributed by atoms with Crippen LogP contribution in [-0.4, -0.2) is 24.6 Å². The quantitative estimate of drug-likeness (QED) is 0.792. The highest BCUT2D eigenvalue weighted by atomic mass is 79.9. The van der Waals surface area contributed by atoms with E-state index in [4.69, 9.17) is 21.1 Å². The van der Waals surface area contributed by atoms with E-state index in [1.165, 1.54) is 0 Å². The van der Waals surface area contributed by atoms with E-state index < -0.39 is 0 Å². The zero-order valence-electron chi connectivity index (χ0n) is 8.86. The van der Waals surface area contributed by atoms with E-state index in [0.717, 1.165) is 28.9 Å². The Morgan fingerprint density at radius 2 is 2.44 bits per heavy atom. The van der Waals surface area contributed by atoms with Gasteiger partial charge in [0.2, 0.25) is 0 Å². The molecule has 2 rings (SSSR count). The van der Waals surface area contributed by atoms with Crippen LogP contribution in [0.4, 0.5) is 0 Å². The van der Waals surface area contributed by atoms with E-state index >= 15 is 0 Å². The third-order valence-electron chi connectivity index (χ3n) is 2.61. The molecule has 88 valence electrons. The van der Waals surface area contributed by atoms with Crippen LogP contribution in [0.2, 0.25) is 5.02 Å². The normalized spacial score (nSPS) is 22.2. The molecule has 2 unspecified atom stereocenters. The van der Waals surface area contributed by atoms with Gasteiger partial charge in [-0.2, -0.15) is 0 Å². The van der Waals surface area contributed by atoms with E-state index in [1.807, 2.05) is 24.3 Å². The van der Waals surface area contributed by atoms with Crippen molar-refractivity contribution in [3.05, 3.63) is 34.9 Å². The molecule has 2 nitrogen and oxygen atoms in total. The number of hydrogen-bond donors (Lipinski definition) is 0. The van der Waals surface area contributed by atoms with Gasteiger partial charge < -0.3 is 9.47 Å². The molecule has 1 aliphatic rings. The molecule has 0 N–H and O–H groups in total. The molecule has 0 bridgehead atoms. The number of hydrogen-bond acceptors (Lipinski definition) is 2. The average molecular weight is 306 g/mol. The summed E-state index contributed by atoms with van der Waals surface area (Å²) in [7, 11) is 0. The van der Waals surface area contributed by atoms with Gasteiger partial charge in [-0.15, -0.1) is 0 Å². The van der Waals surface area contributed by atoms with Crippen molar-refractivity contribution in [3.63, 3.8) is 0 Å². The largest absolute Gasteiger partial charge is 0.379 e. The highest BCUT2D eigenvalue weighted by Crippen LogP contribution is 2.26. The molecular formula is C12H14BrClO2. The molecule has 0 aromatic heterocycles. The zero-order chi connectivity index (χ0) is 11.4. The van der Waals surface area contributed by atoms with Gasteiger partial charge in [0, 0.05) is 17.0 Å². The van der Waals surface area contributed by atoms with Crippen LogP contribution in [-0.2, 0) is 9.47 Å². The fraction of sp³-hybridized carbons (Fsp3) is 0.500. The number of halogens is 2. The Bertz CT molecular complexity index is 340. The van der Waals surface area contributed by atoms with Crippen molar-refractivity contribution in [2.75, 3.05) is 18.5 Å². The Kier molecular flexibility index (Phi) is 4.65. The second kappa shape index (κ2) is 6.01. The van der Waals surface area contributed by atoms with Crippen LogP contribution >= 0.6 is 27.5 Å². The Hall–Kier alpha value is -0.0900. The van der Waals surface area contributed by atoms with Crippen molar-refractivity contribution in [2.24, 2.45) is 0 Å². The first-order valence-corrected chi connectivity index (χ1v) is 6.84. The van der Waals surface area contributed by atoms with Crippen LogP contribution in [0.25, 0.3) is 0 Å². The second-order valence-electron chi connectivity index (χ2n) is 3.82. The Morgan fingerprint density at radius 1 is 1.56 bits per heavy atom. The number of rotatable bonds is 4. The molecule has 0 saturated carbocycles. The minimum atomic E-state index is 0.0467. The molecular weight excluding hydrogens is 291 g/mol. The van der Waals surface area contributed by atoms with Crippen molar-refractivity contribution in [2.45, 2.75) is 18.6 Å². The Balaban J connectivity index is 2.03. The lowest BCUT2D eigenvalue weighted by atomic mass is 10.1. The summed E-state index contributed by atoms with van der Waals surface area (Å²) >= 11 is 9.44. The van der Waals surface area contributed by atoms with Crippen molar-refractivity contribution in [1.82, 2.24) is 0 Å². The fourth-order valence-corrected chi connectivity index (χ4v) is 2.49. The summed E-state index contributed by atoms with van der Waals surface area (Å²) in [5, 5.41) is 1.51. The molecule has 1 heterocycles. The topological polar surface area (TPSA) is 18.5 Å². The van der Waals surface area contributed by atoms with E-state index in [0.29, 0.717) is 6.61 Å². The van der Waals surface area contributed by atoms with E-state index in [9.17, 15) is 0 Å². The molecule has 1 saturated heterocycles. The van der Waals surface area contributed by atoms with Crippen molar-refractivity contribution in [1.29, 1.82) is 0 Å². The Labute approximate surface area is 109 Å². The summed E-state index contributed by atoms with van der Waals surface area (Å²) in [5.74, 6) is 0. The average Bonchev–Trinajstić information content (AvgIpc) is 2.78. The molecule has 0 aliphatic carbocycles. The van der Waals surface area contributed by atoms with Crippen LogP contribution in [0.15, 0.2) is 24.3 Å². The maximum Gasteiger partial charge on any atom is 0.0927 e. The van der Waals surface area contributed by atoms with Crippen molar-refractivity contribution < 1.29 is 9.47 Å². The lowest BCUT2D eigenvalue weighted by Gasteiger charge is -2.19. The zero-order valence-corrected chi connectivity index (χ0v) is 11.2. The maximum atomic E-state index is 5.97. The van der Waals surface area contributed by atoms with Crippen molar-refractivity contribution >= 4 is 27.5 Å². The van der Waals surface area contributed by atoms with Crippen LogP contribution < -0.4 is 0 Å². The fourth-order valence-electron chi connectivity index (χ4n) is 1.76. The van der Waals surface area contributed by atoms with E-state index in [1.54, 1.807) is 0 Å². The van der Waals surface area contributed by atoms with Crippen LogP contribution in [0.1, 0.15) is 18.1 Å². The van der Waals surface area contributed by atoms with Gasteiger partial charge in [0.15, 0.2) is 0 Å². The number of benzene rings is 1. The lowest BCUT2D eigenvalue weighted by Crippen LogP contribution is -2.17. The maximum absolute atomic E-state index is 5.97. The second-order valence-corrected chi connectivity index (χ2v) is 4.90. The van der Waals surface area contributed by atoms with Gasteiger partial charge in [-0.05, 0) is 24.1 Å². The van der Waals surface area contributed by atoms with Gasteiger partial charge in [-0.25, -0.2) is 0 Å². The SMILES string of the molecule is Clc1cccc(C(CBr)OC2CCOC2)c1. The number of alkyl halides is 1. The predicted molar refractivity (Wildman–Crippen MR) is 68.3 cm³/mol. The van der Waals surface area contributed by atoms with Gasteiger partial charge >= 0.3 is 0 Å². The molecule has 0 amide bonds. The van der Waals surface area contributed by atoms with Crippen LogP contribution in [0.5, 0.6) is 0 Å². The summed E-state index contributed by atoms with van der Waals surface area (Å²) in [4.78, 5) is 0. The molecule has 4 heteroatoms. The molecule has 1 aliphatic heterocycles.